The lowest BCUT2D eigenvalue weighted by atomic mass is 10.2. The van der Waals surface area contributed by atoms with Gasteiger partial charge in [0.05, 0.1) is 24.1 Å². The van der Waals surface area contributed by atoms with E-state index in [2.05, 4.69) is 6.07 Å². The summed E-state index contributed by atoms with van der Waals surface area (Å²) in [4.78, 5) is 0. The molecule has 0 aliphatic rings. The third kappa shape index (κ3) is 5.16. The van der Waals surface area contributed by atoms with Crippen LogP contribution in [0, 0.1) is 22.7 Å². The molecule has 0 aliphatic carbocycles. The van der Waals surface area contributed by atoms with Crippen molar-refractivity contribution < 1.29 is 0 Å². The third-order valence-corrected chi connectivity index (χ3v) is 2.03. The van der Waals surface area contributed by atoms with Crippen molar-refractivity contribution in [2.24, 2.45) is 0 Å². The van der Waals surface area contributed by atoms with Crippen molar-refractivity contribution in [2.75, 3.05) is 0 Å². The summed E-state index contributed by atoms with van der Waals surface area (Å²) in [6.07, 6.45) is 0.515. The van der Waals surface area contributed by atoms with E-state index in [1.807, 2.05) is 54.6 Å². The highest BCUT2D eigenvalue weighted by molar-refractivity contribution is 5.27. The Labute approximate surface area is 101 Å². The van der Waals surface area contributed by atoms with E-state index in [4.69, 9.17) is 10.5 Å². The first-order valence-corrected chi connectivity index (χ1v) is 5.23. The maximum atomic E-state index is 8.29. The summed E-state index contributed by atoms with van der Waals surface area (Å²) in [7, 11) is 0. The van der Waals surface area contributed by atoms with Crippen LogP contribution in [0.1, 0.15) is 11.1 Å². The number of nitriles is 2. The largest absolute Gasteiger partial charge is 0.198 e. The normalized spacial score (nSPS) is 8.12. The Hall–Kier alpha value is -2.58. The van der Waals surface area contributed by atoms with Crippen LogP contribution >= 0.6 is 0 Å². The Kier molecular flexibility index (Phi) is 5.64. The highest BCUT2D eigenvalue weighted by Gasteiger charge is 1.84. The highest BCUT2D eigenvalue weighted by Crippen LogP contribution is 1.97. The number of rotatable bonds is 1. The van der Waals surface area contributed by atoms with Gasteiger partial charge in [-0.05, 0) is 17.7 Å². The molecule has 0 radical (unpaired) electrons. The van der Waals surface area contributed by atoms with E-state index in [0.717, 1.165) is 5.56 Å². The first kappa shape index (κ1) is 12.5. The number of nitrogens with zero attached hydrogens (tertiary/aromatic N) is 2. The second-order valence-corrected chi connectivity index (χ2v) is 3.30. The molecule has 2 aromatic rings. The van der Waals surface area contributed by atoms with Gasteiger partial charge < -0.3 is 0 Å². The van der Waals surface area contributed by atoms with Crippen molar-refractivity contribution >= 4 is 0 Å². The molecule has 0 heterocycles. The molecular formula is C15H12N2. The predicted octanol–water partition coefficient (Wildman–Crippen LogP) is 3.31. The Morgan fingerprint density at radius 3 is 1.71 bits per heavy atom. The summed E-state index contributed by atoms with van der Waals surface area (Å²) >= 11 is 0. The zero-order chi connectivity index (χ0) is 12.3. The standard InChI is InChI=1S/C8H7N.C7H5N/c9-7-6-8-4-2-1-3-5-8;8-6-7-4-2-1-3-5-7/h1-5H,6H2;1-5H. The van der Waals surface area contributed by atoms with Gasteiger partial charge in [0.15, 0.2) is 0 Å². The lowest BCUT2D eigenvalue weighted by molar-refractivity contribution is 1.26. The summed E-state index contributed by atoms with van der Waals surface area (Å²) in [5.74, 6) is 0. The minimum Gasteiger partial charge on any atom is -0.198 e. The van der Waals surface area contributed by atoms with Gasteiger partial charge in [0.1, 0.15) is 0 Å². The van der Waals surface area contributed by atoms with Gasteiger partial charge in [-0.1, -0.05) is 48.5 Å². The van der Waals surface area contributed by atoms with Crippen molar-refractivity contribution in [1.82, 2.24) is 0 Å². The topological polar surface area (TPSA) is 47.6 Å². The van der Waals surface area contributed by atoms with Gasteiger partial charge in [-0.2, -0.15) is 10.5 Å². The summed E-state index contributed by atoms with van der Waals surface area (Å²) in [6, 6.07) is 23.0. The van der Waals surface area contributed by atoms with E-state index in [1.54, 1.807) is 12.1 Å². The number of benzene rings is 2. The van der Waals surface area contributed by atoms with Crippen LogP contribution in [-0.4, -0.2) is 0 Å². The fourth-order valence-corrected chi connectivity index (χ4v) is 1.20. The zero-order valence-electron chi connectivity index (χ0n) is 9.38. The lowest BCUT2D eigenvalue weighted by Crippen LogP contribution is -1.76. The fraction of sp³-hybridized carbons (Fsp3) is 0.0667. The first-order chi connectivity index (χ1) is 8.36. The molecule has 0 atom stereocenters. The van der Waals surface area contributed by atoms with E-state index < -0.39 is 0 Å². The second kappa shape index (κ2) is 7.68. The van der Waals surface area contributed by atoms with Gasteiger partial charge in [-0.15, -0.1) is 0 Å². The molecule has 0 amide bonds. The van der Waals surface area contributed by atoms with Gasteiger partial charge in [-0.3, -0.25) is 0 Å². The van der Waals surface area contributed by atoms with E-state index in [9.17, 15) is 0 Å². The maximum Gasteiger partial charge on any atom is 0.0991 e. The Balaban J connectivity index is 0.000000171. The molecule has 0 aromatic heterocycles. The molecule has 0 saturated heterocycles. The van der Waals surface area contributed by atoms with Crippen molar-refractivity contribution in [2.45, 2.75) is 6.42 Å². The fourth-order valence-electron chi connectivity index (χ4n) is 1.20. The van der Waals surface area contributed by atoms with Crippen LogP contribution < -0.4 is 0 Å². The number of hydrogen-bond acceptors (Lipinski definition) is 2. The molecule has 2 nitrogen and oxygen atoms in total. The molecule has 0 saturated carbocycles. The molecule has 82 valence electrons. The van der Waals surface area contributed by atoms with Crippen LogP contribution in [0.5, 0.6) is 0 Å². The third-order valence-electron chi connectivity index (χ3n) is 2.03. The molecule has 0 bridgehead atoms. The van der Waals surface area contributed by atoms with Gasteiger partial charge in [-0.25, -0.2) is 0 Å². The minimum absolute atomic E-state index is 0.515. The molecule has 0 aliphatic heterocycles. The summed E-state index contributed by atoms with van der Waals surface area (Å²) in [5.41, 5.74) is 1.80. The van der Waals surface area contributed by atoms with Crippen LogP contribution in [0.4, 0.5) is 0 Å². The summed E-state index contributed by atoms with van der Waals surface area (Å²) in [5, 5.41) is 16.6. The van der Waals surface area contributed by atoms with E-state index >= 15 is 0 Å². The van der Waals surface area contributed by atoms with Crippen molar-refractivity contribution in [3.8, 4) is 12.1 Å². The smallest absolute Gasteiger partial charge is 0.0991 e. The van der Waals surface area contributed by atoms with Crippen molar-refractivity contribution in [3.63, 3.8) is 0 Å². The molecular weight excluding hydrogens is 208 g/mol. The minimum atomic E-state index is 0.515. The quantitative estimate of drug-likeness (QED) is 0.740. The van der Waals surface area contributed by atoms with Gasteiger partial charge in [0, 0.05) is 0 Å². The van der Waals surface area contributed by atoms with E-state index in [-0.39, 0.29) is 0 Å². The monoisotopic (exact) mass is 220 g/mol. The summed E-state index contributed by atoms with van der Waals surface area (Å²) < 4.78 is 0. The van der Waals surface area contributed by atoms with Crippen LogP contribution in [0.2, 0.25) is 0 Å². The Morgan fingerprint density at radius 2 is 1.29 bits per heavy atom. The molecule has 0 N–H and O–H groups in total. The average molecular weight is 220 g/mol. The molecule has 17 heavy (non-hydrogen) atoms. The van der Waals surface area contributed by atoms with Crippen molar-refractivity contribution in [1.29, 1.82) is 10.5 Å². The van der Waals surface area contributed by atoms with Crippen LogP contribution in [0.15, 0.2) is 60.7 Å². The second-order valence-electron chi connectivity index (χ2n) is 3.30. The SMILES string of the molecule is N#CCc1ccccc1.N#Cc1ccccc1. The van der Waals surface area contributed by atoms with Crippen LogP contribution in [0.3, 0.4) is 0 Å². The lowest BCUT2D eigenvalue weighted by Gasteiger charge is -1.88. The average Bonchev–Trinajstić information content (AvgIpc) is 2.42. The molecule has 0 fully saturated rings. The van der Waals surface area contributed by atoms with Crippen LogP contribution in [0.25, 0.3) is 0 Å². The molecule has 2 heteroatoms. The van der Waals surface area contributed by atoms with E-state index in [1.165, 1.54) is 0 Å². The van der Waals surface area contributed by atoms with E-state index in [0.29, 0.717) is 12.0 Å². The number of hydrogen-bond donors (Lipinski definition) is 0. The molecule has 0 spiro atoms. The first-order valence-electron chi connectivity index (χ1n) is 5.23. The maximum absolute atomic E-state index is 8.29. The van der Waals surface area contributed by atoms with Gasteiger partial charge in [0.2, 0.25) is 0 Å². The zero-order valence-corrected chi connectivity index (χ0v) is 9.38. The van der Waals surface area contributed by atoms with Gasteiger partial charge >= 0.3 is 0 Å². The Morgan fingerprint density at radius 1 is 0.765 bits per heavy atom. The predicted molar refractivity (Wildman–Crippen MR) is 66.9 cm³/mol. The van der Waals surface area contributed by atoms with Crippen molar-refractivity contribution in [3.05, 3.63) is 71.8 Å². The van der Waals surface area contributed by atoms with Gasteiger partial charge in [0.25, 0.3) is 0 Å². The summed E-state index contributed by atoms with van der Waals surface area (Å²) in [6.45, 7) is 0. The highest BCUT2D eigenvalue weighted by atomic mass is 14.2. The van der Waals surface area contributed by atoms with Crippen LogP contribution in [-0.2, 0) is 6.42 Å². The Bertz CT molecular complexity index is 504. The molecule has 2 rings (SSSR count). The molecule has 2 aromatic carbocycles. The molecule has 0 unspecified atom stereocenters.